The van der Waals surface area contributed by atoms with E-state index in [1.165, 1.54) is 0 Å². The molecule has 0 unspecified atom stereocenters. The highest BCUT2D eigenvalue weighted by Crippen LogP contribution is 2.05. The van der Waals surface area contributed by atoms with E-state index in [9.17, 15) is 0 Å². The predicted molar refractivity (Wildman–Crippen MR) is 49.3 cm³/mol. The lowest BCUT2D eigenvalue weighted by Gasteiger charge is -2.00. The van der Waals surface area contributed by atoms with Crippen LogP contribution in [-0.4, -0.2) is 23.3 Å². The quantitative estimate of drug-likeness (QED) is 0.804. The number of nitrogens with zero attached hydrogens (tertiary/aromatic N) is 2. The second-order valence-electron chi connectivity index (χ2n) is 1.83. The maximum Gasteiger partial charge on any atom is 0.233 e. The Kier molecular flexibility index (Phi) is 3.50. The fourth-order valence-corrected chi connectivity index (χ4v) is 0.832. The van der Waals surface area contributed by atoms with E-state index in [-0.39, 0.29) is 0 Å². The van der Waals surface area contributed by atoms with Crippen LogP contribution in [0.5, 0.6) is 5.88 Å². The summed E-state index contributed by atoms with van der Waals surface area (Å²) >= 11 is 2.08. The van der Waals surface area contributed by atoms with E-state index in [1.54, 1.807) is 6.07 Å². The third-order valence-corrected chi connectivity index (χ3v) is 1.55. The minimum absolute atomic E-state index is 0.481. The van der Waals surface area contributed by atoms with Gasteiger partial charge in [-0.15, -0.1) is 10.2 Å². The molecule has 0 saturated heterocycles. The third-order valence-electron chi connectivity index (χ3n) is 0.975. The summed E-state index contributed by atoms with van der Waals surface area (Å²) in [5, 5.41) is 7.58. The van der Waals surface area contributed by atoms with Crippen molar-refractivity contribution in [3.8, 4) is 5.88 Å². The highest BCUT2D eigenvalue weighted by Gasteiger charge is 1.93. The standard InChI is InChI=1S/C6H8IN3O/c7-5-1-2-6(10-9-5)11-4-3-8/h1-2H,3-4,8H2. The molecule has 0 radical (unpaired) electrons. The van der Waals surface area contributed by atoms with Crippen LogP contribution < -0.4 is 10.5 Å². The van der Waals surface area contributed by atoms with Crippen molar-refractivity contribution in [3.63, 3.8) is 0 Å². The normalized spacial score (nSPS) is 9.64. The monoisotopic (exact) mass is 265 g/mol. The van der Waals surface area contributed by atoms with E-state index in [0.717, 1.165) is 3.70 Å². The number of hydrogen-bond acceptors (Lipinski definition) is 4. The average molecular weight is 265 g/mol. The fourth-order valence-electron chi connectivity index (χ4n) is 0.544. The van der Waals surface area contributed by atoms with E-state index >= 15 is 0 Å². The molecule has 0 bridgehead atoms. The van der Waals surface area contributed by atoms with Crippen molar-refractivity contribution in [1.29, 1.82) is 0 Å². The number of rotatable bonds is 3. The van der Waals surface area contributed by atoms with Crippen LogP contribution in [-0.2, 0) is 0 Å². The first-order valence-electron chi connectivity index (χ1n) is 3.15. The zero-order chi connectivity index (χ0) is 8.10. The smallest absolute Gasteiger partial charge is 0.233 e. The number of nitrogens with two attached hydrogens (primary N) is 1. The molecule has 0 aliphatic heterocycles. The first kappa shape index (κ1) is 8.66. The number of ether oxygens (including phenoxy) is 1. The summed E-state index contributed by atoms with van der Waals surface area (Å²) in [5.41, 5.74) is 5.23. The van der Waals surface area contributed by atoms with Crippen LogP contribution in [0.1, 0.15) is 0 Å². The molecule has 1 rings (SSSR count). The van der Waals surface area contributed by atoms with Crippen LogP contribution in [0.25, 0.3) is 0 Å². The molecular weight excluding hydrogens is 257 g/mol. The Morgan fingerprint density at radius 3 is 2.82 bits per heavy atom. The van der Waals surface area contributed by atoms with Gasteiger partial charge in [-0.2, -0.15) is 0 Å². The largest absolute Gasteiger partial charge is 0.475 e. The van der Waals surface area contributed by atoms with Crippen molar-refractivity contribution >= 4 is 22.6 Å². The van der Waals surface area contributed by atoms with Gasteiger partial charge in [-0.1, -0.05) is 0 Å². The van der Waals surface area contributed by atoms with E-state index in [0.29, 0.717) is 19.0 Å². The van der Waals surface area contributed by atoms with Gasteiger partial charge in [0.05, 0.1) is 0 Å². The second-order valence-corrected chi connectivity index (χ2v) is 2.94. The molecule has 11 heavy (non-hydrogen) atoms. The van der Waals surface area contributed by atoms with Gasteiger partial charge >= 0.3 is 0 Å². The van der Waals surface area contributed by atoms with Crippen LogP contribution in [0.15, 0.2) is 12.1 Å². The molecule has 5 heteroatoms. The van der Waals surface area contributed by atoms with Crippen LogP contribution in [0.3, 0.4) is 0 Å². The molecule has 0 aliphatic carbocycles. The van der Waals surface area contributed by atoms with E-state index in [2.05, 4.69) is 32.8 Å². The molecule has 2 N–H and O–H groups in total. The van der Waals surface area contributed by atoms with Crippen LogP contribution in [0.2, 0.25) is 0 Å². The van der Waals surface area contributed by atoms with E-state index < -0.39 is 0 Å². The van der Waals surface area contributed by atoms with E-state index in [4.69, 9.17) is 10.5 Å². The number of aromatic nitrogens is 2. The van der Waals surface area contributed by atoms with Gasteiger partial charge in [0.15, 0.2) is 0 Å². The summed E-state index contributed by atoms with van der Waals surface area (Å²) in [6, 6.07) is 3.60. The Bertz CT molecular complexity index is 214. The molecule has 1 aromatic rings. The summed E-state index contributed by atoms with van der Waals surface area (Å²) < 4.78 is 5.96. The van der Waals surface area contributed by atoms with Crippen LogP contribution in [0, 0.1) is 3.70 Å². The average Bonchev–Trinajstić information content (AvgIpc) is 2.04. The Labute approximate surface area is 78.3 Å². The zero-order valence-corrected chi connectivity index (χ0v) is 7.98. The Morgan fingerprint density at radius 2 is 2.27 bits per heavy atom. The molecule has 0 atom stereocenters. The van der Waals surface area contributed by atoms with E-state index in [1.807, 2.05) is 6.07 Å². The van der Waals surface area contributed by atoms with Crippen molar-refractivity contribution in [2.45, 2.75) is 0 Å². The Hall–Kier alpha value is -0.430. The predicted octanol–water partition coefficient (Wildman–Crippen LogP) is 0.419. The molecular formula is C6H8IN3O. The molecule has 0 amide bonds. The molecule has 0 saturated carbocycles. The third kappa shape index (κ3) is 2.98. The number of hydrogen-bond donors (Lipinski definition) is 1. The lowest BCUT2D eigenvalue weighted by atomic mass is 10.6. The highest BCUT2D eigenvalue weighted by atomic mass is 127. The van der Waals surface area contributed by atoms with Crippen molar-refractivity contribution in [2.75, 3.05) is 13.2 Å². The lowest BCUT2D eigenvalue weighted by molar-refractivity contribution is 0.311. The van der Waals surface area contributed by atoms with Crippen molar-refractivity contribution < 1.29 is 4.74 Å². The van der Waals surface area contributed by atoms with Crippen molar-refractivity contribution in [3.05, 3.63) is 15.8 Å². The Morgan fingerprint density at radius 1 is 1.45 bits per heavy atom. The summed E-state index contributed by atoms with van der Waals surface area (Å²) in [4.78, 5) is 0. The second kappa shape index (κ2) is 4.45. The topological polar surface area (TPSA) is 61.0 Å². The van der Waals surface area contributed by atoms with Gasteiger partial charge in [0.25, 0.3) is 0 Å². The minimum atomic E-state index is 0.481. The fraction of sp³-hybridized carbons (Fsp3) is 0.333. The molecule has 0 fully saturated rings. The molecule has 0 spiro atoms. The van der Waals surface area contributed by atoms with Crippen LogP contribution >= 0.6 is 22.6 Å². The van der Waals surface area contributed by atoms with Gasteiger partial charge in [0.1, 0.15) is 10.3 Å². The molecule has 60 valence electrons. The maximum atomic E-state index is 5.23. The zero-order valence-electron chi connectivity index (χ0n) is 5.83. The summed E-state index contributed by atoms with van der Waals surface area (Å²) in [6.45, 7) is 0.975. The van der Waals surface area contributed by atoms with Gasteiger partial charge < -0.3 is 10.5 Å². The van der Waals surface area contributed by atoms with Gasteiger partial charge in [-0.3, -0.25) is 0 Å². The lowest BCUT2D eigenvalue weighted by Crippen LogP contribution is -2.11. The molecule has 0 aromatic carbocycles. The molecule has 1 aromatic heterocycles. The summed E-state index contributed by atoms with van der Waals surface area (Å²) in [6.07, 6.45) is 0. The SMILES string of the molecule is NCCOc1ccc(I)nn1. The molecule has 0 aliphatic rings. The summed E-state index contributed by atoms with van der Waals surface area (Å²) in [7, 11) is 0. The summed E-state index contributed by atoms with van der Waals surface area (Å²) in [5.74, 6) is 0.524. The van der Waals surface area contributed by atoms with Gasteiger partial charge in [-0.05, 0) is 28.7 Å². The highest BCUT2D eigenvalue weighted by molar-refractivity contribution is 14.1. The van der Waals surface area contributed by atoms with Crippen LogP contribution in [0.4, 0.5) is 0 Å². The van der Waals surface area contributed by atoms with Gasteiger partial charge in [-0.25, -0.2) is 0 Å². The van der Waals surface area contributed by atoms with Gasteiger partial charge in [0, 0.05) is 12.6 Å². The molecule has 1 heterocycles. The van der Waals surface area contributed by atoms with Crippen molar-refractivity contribution in [2.24, 2.45) is 5.73 Å². The van der Waals surface area contributed by atoms with Crippen molar-refractivity contribution in [1.82, 2.24) is 10.2 Å². The molecule has 4 nitrogen and oxygen atoms in total. The first-order valence-corrected chi connectivity index (χ1v) is 4.23. The van der Waals surface area contributed by atoms with Gasteiger partial charge in [0.2, 0.25) is 5.88 Å². The first-order chi connectivity index (χ1) is 5.33. The Balaban J connectivity index is 2.52. The number of halogens is 1. The maximum absolute atomic E-state index is 5.23. The minimum Gasteiger partial charge on any atom is -0.475 e.